The fraction of sp³-hybridized carbons (Fsp3) is 0.0667. The molecular formula is C15H12FOS. The maximum Gasteiger partial charge on any atom is 0.171 e. The molecule has 0 spiro atoms. The highest BCUT2D eigenvalue weighted by Crippen LogP contribution is 2.15. The highest BCUT2D eigenvalue weighted by Gasteiger charge is 2.09. The van der Waals surface area contributed by atoms with Gasteiger partial charge in [0.15, 0.2) is 5.78 Å². The van der Waals surface area contributed by atoms with Crippen LogP contribution in [-0.2, 0) is 5.75 Å². The van der Waals surface area contributed by atoms with Crippen LogP contribution in [0.25, 0.3) is 0 Å². The first kappa shape index (κ1) is 12.8. The number of carbonyl (C=O) groups is 1. The van der Waals surface area contributed by atoms with E-state index in [1.54, 1.807) is 36.4 Å². The van der Waals surface area contributed by atoms with Gasteiger partial charge in [-0.15, -0.1) is 0 Å². The van der Waals surface area contributed by atoms with E-state index in [0.717, 1.165) is 0 Å². The van der Waals surface area contributed by atoms with Crippen LogP contribution < -0.4 is 0 Å². The number of thiol groups is 1. The van der Waals surface area contributed by atoms with Gasteiger partial charge in [-0.2, -0.15) is 12.6 Å². The molecule has 2 aromatic rings. The molecule has 1 radical (unpaired) electrons. The molecular weight excluding hydrogens is 247 g/mol. The SMILES string of the molecule is O=C([CH]c1ccc(CS)c(F)c1)c1ccccc1. The van der Waals surface area contributed by atoms with Crippen LogP contribution in [0.2, 0.25) is 0 Å². The molecule has 0 aliphatic carbocycles. The van der Waals surface area contributed by atoms with E-state index in [2.05, 4.69) is 12.6 Å². The van der Waals surface area contributed by atoms with E-state index < -0.39 is 0 Å². The minimum absolute atomic E-state index is 0.131. The Morgan fingerprint density at radius 3 is 2.50 bits per heavy atom. The van der Waals surface area contributed by atoms with Crippen molar-refractivity contribution >= 4 is 18.4 Å². The Bertz CT molecular complexity index is 552. The summed E-state index contributed by atoms with van der Waals surface area (Å²) in [6, 6.07) is 13.6. The monoisotopic (exact) mass is 259 g/mol. The van der Waals surface area contributed by atoms with Crippen molar-refractivity contribution in [2.45, 2.75) is 5.75 Å². The summed E-state index contributed by atoms with van der Waals surface area (Å²) >= 11 is 4.02. The highest BCUT2D eigenvalue weighted by atomic mass is 32.1. The average Bonchev–Trinajstić information content (AvgIpc) is 2.40. The molecule has 3 heteroatoms. The molecule has 91 valence electrons. The molecule has 0 saturated carbocycles. The Morgan fingerprint density at radius 1 is 1.17 bits per heavy atom. The van der Waals surface area contributed by atoms with Crippen LogP contribution in [0.4, 0.5) is 4.39 Å². The summed E-state index contributed by atoms with van der Waals surface area (Å²) in [4.78, 5) is 11.9. The Morgan fingerprint density at radius 2 is 1.89 bits per heavy atom. The molecule has 0 heterocycles. The molecule has 0 unspecified atom stereocenters. The van der Waals surface area contributed by atoms with Gasteiger partial charge in [-0.25, -0.2) is 4.39 Å². The van der Waals surface area contributed by atoms with E-state index in [1.807, 2.05) is 6.07 Å². The van der Waals surface area contributed by atoms with E-state index in [0.29, 0.717) is 22.4 Å². The largest absolute Gasteiger partial charge is 0.293 e. The Labute approximate surface area is 111 Å². The molecule has 0 aliphatic heterocycles. The van der Waals surface area contributed by atoms with E-state index in [-0.39, 0.29) is 11.6 Å². The lowest BCUT2D eigenvalue weighted by molar-refractivity contribution is 0.103. The van der Waals surface area contributed by atoms with Crippen LogP contribution in [0, 0.1) is 12.2 Å². The molecule has 0 fully saturated rings. The van der Waals surface area contributed by atoms with Gasteiger partial charge in [-0.3, -0.25) is 4.79 Å². The summed E-state index contributed by atoms with van der Waals surface area (Å²) in [5.41, 5.74) is 1.69. The summed E-state index contributed by atoms with van der Waals surface area (Å²) in [5.74, 6) is -0.119. The van der Waals surface area contributed by atoms with Crippen molar-refractivity contribution < 1.29 is 9.18 Å². The van der Waals surface area contributed by atoms with Crippen LogP contribution in [0.1, 0.15) is 21.5 Å². The second-order valence-corrected chi connectivity index (χ2v) is 4.20. The molecule has 0 aliphatic rings. The molecule has 2 aromatic carbocycles. The van der Waals surface area contributed by atoms with E-state index >= 15 is 0 Å². The standard InChI is InChI=1S/C15H12FOS/c16-14-8-11(6-7-13(14)10-18)9-15(17)12-4-2-1-3-5-12/h1-9,18H,10H2. The van der Waals surface area contributed by atoms with Crippen LogP contribution in [0.3, 0.4) is 0 Å². The van der Waals surface area contributed by atoms with Gasteiger partial charge in [0.2, 0.25) is 0 Å². The molecule has 2 rings (SSSR count). The Balaban J connectivity index is 2.15. The third-order valence-electron chi connectivity index (χ3n) is 2.60. The lowest BCUT2D eigenvalue weighted by atomic mass is 10.0. The van der Waals surface area contributed by atoms with E-state index in [4.69, 9.17) is 0 Å². The topological polar surface area (TPSA) is 17.1 Å². The molecule has 0 aromatic heterocycles. The summed E-state index contributed by atoms with van der Waals surface area (Å²) in [6.07, 6.45) is 1.43. The summed E-state index contributed by atoms with van der Waals surface area (Å²) < 4.78 is 13.5. The van der Waals surface area contributed by atoms with Gasteiger partial charge in [0.1, 0.15) is 5.82 Å². The van der Waals surface area contributed by atoms with E-state index in [9.17, 15) is 9.18 Å². The first-order chi connectivity index (χ1) is 8.70. The van der Waals surface area contributed by atoms with Crippen LogP contribution in [-0.4, -0.2) is 5.78 Å². The summed E-state index contributed by atoms with van der Waals surface area (Å²) in [7, 11) is 0. The number of Topliss-reactive ketones (excluding diaryl/α,β-unsaturated/α-hetero) is 1. The molecule has 0 bridgehead atoms. The van der Waals surface area contributed by atoms with Crippen LogP contribution >= 0.6 is 12.6 Å². The molecule has 0 amide bonds. The number of benzene rings is 2. The predicted octanol–water partition coefficient (Wildman–Crippen LogP) is 3.69. The predicted molar refractivity (Wildman–Crippen MR) is 73.3 cm³/mol. The van der Waals surface area contributed by atoms with Crippen LogP contribution in [0.5, 0.6) is 0 Å². The van der Waals surface area contributed by atoms with Crippen LogP contribution in [0.15, 0.2) is 48.5 Å². The average molecular weight is 259 g/mol. The van der Waals surface area contributed by atoms with Gasteiger partial charge in [-0.1, -0.05) is 42.5 Å². The first-order valence-electron chi connectivity index (χ1n) is 5.54. The van der Waals surface area contributed by atoms with Gasteiger partial charge in [-0.05, 0) is 17.2 Å². The lowest BCUT2D eigenvalue weighted by Gasteiger charge is -2.04. The third kappa shape index (κ3) is 2.99. The van der Waals surface area contributed by atoms with Crippen molar-refractivity contribution in [3.8, 4) is 0 Å². The van der Waals surface area contributed by atoms with Crippen molar-refractivity contribution in [1.29, 1.82) is 0 Å². The number of rotatable bonds is 4. The van der Waals surface area contributed by atoms with Gasteiger partial charge >= 0.3 is 0 Å². The van der Waals surface area contributed by atoms with Gasteiger partial charge < -0.3 is 0 Å². The minimum atomic E-state index is -0.334. The molecule has 0 saturated heterocycles. The van der Waals surface area contributed by atoms with Gasteiger partial charge in [0.25, 0.3) is 0 Å². The molecule has 18 heavy (non-hydrogen) atoms. The van der Waals surface area contributed by atoms with E-state index in [1.165, 1.54) is 12.5 Å². The quantitative estimate of drug-likeness (QED) is 0.654. The number of ketones is 1. The van der Waals surface area contributed by atoms with Crippen molar-refractivity contribution in [2.75, 3.05) is 0 Å². The molecule has 0 N–H and O–H groups in total. The fourth-order valence-electron chi connectivity index (χ4n) is 1.62. The van der Waals surface area contributed by atoms with Gasteiger partial charge in [0, 0.05) is 11.3 Å². The number of hydrogen-bond donors (Lipinski definition) is 1. The van der Waals surface area contributed by atoms with Crippen molar-refractivity contribution in [2.24, 2.45) is 0 Å². The Kier molecular flexibility index (Phi) is 4.15. The van der Waals surface area contributed by atoms with Crippen molar-refractivity contribution in [1.82, 2.24) is 0 Å². The second-order valence-electron chi connectivity index (χ2n) is 3.88. The smallest absolute Gasteiger partial charge is 0.171 e. The van der Waals surface area contributed by atoms with Gasteiger partial charge in [0.05, 0.1) is 6.42 Å². The highest BCUT2D eigenvalue weighted by molar-refractivity contribution is 7.79. The van der Waals surface area contributed by atoms with Crippen molar-refractivity contribution in [3.05, 3.63) is 77.5 Å². The summed E-state index contributed by atoms with van der Waals surface area (Å²) in [5, 5.41) is 0. The number of halogens is 1. The number of hydrogen-bond acceptors (Lipinski definition) is 2. The Hall–Kier alpha value is -1.61. The maximum absolute atomic E-state index is 13.5. The minimum Gasteiger partial charge on any atom is -0.293 e. The third-order valence-corrected chi connectivity index (χ3v) is 2.94. The fourth-order valence-corrected chi connectivity index (χ4v) is 1.88. The second kappa shape index (κ2) is 5.83. The number of carbonyl (C=O) groups excluding carboxylic acids is 1. The lowest BCUT2D eigenvalue weighted by Crippen LogP contribution is -2.01. The zero-order valence-electron chi connectivity index (χ0n) is 9.64. The zero-order chi connectivity index (χ0) is 13.0. The summed E-state index contributed by atoms with van der Waals surface area (Å²) in [6.45, 7) is 0. The first-order valence-corrected chi connectivity index (χ1v) is 6.17. The zero-order valence-corrected chi connectivity index (χ0v) is 10.5. The normalized spacial score (nSPS) is 10.3. The molecule has 1 nitrogen and oxygen atoms in total. The molecule has 0 atom stereocenters. The maximum atomic E-state index is 13.5. The van der Waals surface area contributed by atoms with Crippen molar-refractivity contribution in [3.63, 3.8) is 0 Å².